The summed E-state index contributed by atoms with van der Waals surface area (Å²) in [7, 11) is 3.15. The van der Waals surface area contributed by atoms with E-state index in [1.165, 1.54) is 6.92 Å². The van der Waals surface area contributed by atoms with Crippen LogP contribution < -0.4 is 19.7 Å². The zero-order valence-electron chi connectivity index (χ0n) is 14.4. The maximum absolute atomic E-state index is 12.8. The van der Waals surface area contributed by atoms with Crippen LogP contribution in [0.2, 0.25) is 0 Å². The Hall–Kier alpha value is -3.02. The lowest BCUT2D eigenvalue weighted by atomic mass is 10.1. The number of methoxy groups -OCH3 is 2. The van der Waals surface area contributed by atoms with Crippen molar-refractivity contribution in [2.24, 2.45) is 0 Å². The van der Waals surface area contributed by atoms with Crippen LogP contribution in [0.1, 0.15) is 24.1 Å². The van der Waals surface area contributed by atoms with Crippen molar-refractivity contribution in [2.75, 3.05) is 19.1 Å². The van der Waals surface area contributed by atoms with Crippen LogP contribution in [-0.2, 0) is 16.1 Å². The number of carbonyl (C=O) groups is 2. The monoisotopic (exact) mass is 340 g/mol. The van der Waals surface area contributed by atoms with Gasteiger partial charge in [0.2, 0.25) is 5.91 Å². The van der Waals surface area contributed by atoms with Crippen LogP contribution in [0.3, 0.4) is 0 Å². The van der Waals surface area contributed by atoms with Crippen LogP contribution in [-0.4, -0.2) is 26.0 Å². The maximum atomic E-state index is 12.8. The molecule has 2 aromatic carbocycles. The molecule has 6 nitrogen and oxygen atoms in total. The van der Waals surface area contributed by atoms with E-state index in [9.17, 15) is 9.59 Å². The molecule has 1 atom stereocenters. The Morgan fingerprint density at radius 3 is 2.52 bits per heavy atom. The molecule has 0 radical (unpaired) electrons. The van der Waals surface area contributed by atoms with E-state index in [1.54, 1.807) is 19.1 Å². The Morgan fingerprint density at radius 1 is 1.12 bits per heavy atom. The minimum atomic E-state index is -0.645. The molecule has 6 heteroatoms. The second-order valence-corrected chi connectivity index (χ2v) is 5.81. The molecule has 3 rings (SSSR count). The lowest BCUT2D eigenvalue weighted by Crippen LogP contribution is -2.36. The molecular weight excluding hydrogens is 320 g/mol. The third kappa shape index (κ3) is 3.15. The smallest absolute Gasteiger partial charge is 0.254 e. The van der Waals surface area contributed by atoms with Gasteiger partial charge in [0.05, 0.1) is 20.8 Å². The predicted octanol–water partition coefficient (Wildman–Crippen LogP) is 2.43. The molecule has 1 aliphatic heterocycles. The second kappa shape index (κ2) is 6.84. The number of rotatable bonds is 5. The van der Waals surface area contributed by atoms with Gasteiger partial charge >= 0.3 is 0 Å². The van der Waals surface area contributed by atoms with E-state index < -0.39 is 6.04 Å². The molecule has 0 aliphatic carbocycles. The number of hydrogen-bond donors (Lipinski definition) is 1. The standard InChI is InChI=1S/C19H20N2O4/c1-12(22)20-18-14-6-4-5-7-15(14)21(19(18)23)11-13-8-9-16(24-2)17(10-13)25-3/h4-10,18H,11H2,1-3H3,(H,20,22)/t18-/m1/s1. The Bertz CT molecular complexity index is 819. The topological polar surface area (TPSA) is 67.9 Å². The van der Waals surface area contributed by atoms with Crippen LogP contribution in [0, 0.1) is 0 Å². The second-order valence-electron chi connectivity index (χ2n) is 5.81. The van der Waals surface area contributed by atoms with Gasteiger partial charge in [-0.3, -0.25) is 9.59 Å². The molecule has 0 spiro atoms. The molecule has 2 amide bonds. The van der Waals surface area contributed by atoms with Gasteiger partial charge in [-0.05, 0) is 23.8 Å². The molecule has 0 saturated carbocycles. The summed E-state index contributed by atoms with van der Waals surface area (Å²) in [6, 6.07) is 12.4. The molecule has 0 bridgehead atoms. The molecule has 0 saturated heterocycles. The van der Waals surface area contributed by atoms with Crippen molar-refractivity contribution >= 4 is 17.5 Å². The van der Waals surface area contributed by atoms with E-state index in [4.69, 9.17) is 9.47 Å². The van der Waals surface area contributed by atoms with Gasteiger partial charge in [0.25, 0.3) is 5.91 Å². The molecular formula is C19H20N2O4. The lowest BCUT2D eigenvalue weighted by Gasteiger charge is -2.19. The average Bonchev–Trinajstić information content (AvgIpc) is 2.87. The summed E-state index contributed by atoms with van der Waals surface area (Å²) in [5, 5.41) is 2.73. The van der Waals surface area contributed by atoms with E-state index in [-0.39, 0.29) is 11.8 Å². The summed E-state index contributed by atoms with van der Waals surface area (Å²) in [6.45, 7) is 1.79. The molecule has 0 aromatic heterocycles. The third-order valence-electron chi connectivity index (χ3n) is 4.19. The number of anilines is 1. The highest BCUT2D eigenvalue weighted by atomic mass is 16.5. The van der Waals surface area contributed by atoms with E-state index in [1.807, 2.05) is 42.5 Å². The van der Waals surface area contributed by atoms with Gasteiger partial charge in [-0.15, -0.1) is 0 Å². The normalized spacial score (nSPS) is 15.7. The molecule has 0 fully saturated rings. The van der Waals surface area contributed by atoms with Crippen molar-refractivity contribution in [1.82, 2.24) is 5.32 Å². The first kappa shape index (κ1) is 16.8. The molecule has 1 aliphatic rings. The van der Waals surface area contributed by atoms with Gasteiger partial charge in [-0.2, -0.15) is 0 Å². The maximum Gasteiger partial charge on any atom is 0.254 e. The number of hydrogen-bond acceptors (Lipinski definition) is 4. The Morgan fingerprint density at radius 2 is 1.84 bits per heavy atom. The summed E-state index contributed by atoms with van der Waals surface area (Å²) in [5.41, 5.74) is 2.52. The number of fused-ring (bicyclic) bond motifs is 1. The number of para-hydroxylation sites is 1. The van der Waals surface area contributed by atoms with Crippen LogP contribution >= 0.6 is 0 Å². The van der Waals surface area contributed by atoms with Gasteiger partial charge in [-0.25, -0.2) is 0 Å². The quantitative estimate of drug-likeness (QED) is 0.908. The molecule has 1 heterocycles. The van der Waals surface area contributed by atoms with Gasteiger partial charge in [-0.1, -0.05) is 24.3 Å². The van der Waals surface area contributed by atoms with Crippen molar-refractivity contribution < 1.29 is 19.1 Å². The molecule has 130 valence electrons. The molecule has 1 N–H and O–H groups in total. The SMILES string of the molecule is COc1ccc(CN2C(=O)[C@H](NC(C)=O)c3ccccc32)cc1OC. The number of carbonyl (C=O) groups excluding carboxylic acids is 2. The van der Waals surface area contributed by atoms with Crippen LogP contribution in [0.5, 0.6) is 11.5 Å². The fourth-order valence-electron chi connectivity index (χ4n) is 3.05. The summed E-state index contributed by atoms with van der Waals surface area (Å²) < 4.78 is 10.6. The van der Waals surface area contributed by atoms with Crippen molar-refractivity contribution in [3.05, 3.63) is 53.6 Å². The van der Waals surface area contributed by atoms with Crippen molar-refractivity contribution in [1.29, 1.82) is 0 Å². The Labute approximate surface area is 146 Å². The minimum Gasteiger partial charge on any atom is -0.493 e. The Balaban J connectivity index is 1.92. The largest absolute Gasteiger partial charge is 0.493 e. The number of nitrogens with one attached hydrogen (secondary N) is 1. The van der Waals surface area contributed by atoms with Crippen molar-refractivity contribution in [3.63, 3.8) is 0 Å². The van der Waals surface area contributed by atoms with Crippen LogP contribution in [0.25, 0.3) is 0 Å². The molecule has 0 unspecified atom stereocenters. The average molecular weight is 340 g/mol. The van der Waals surface area contributed by atoms with E-state index in [0.29, 0.717) is 18.0 Å². The van der Waals surface area contributed by atoms with Gasteiger partial charge < -0.3 is 19.7 Å². The van der Waals surface area contributed by atoms with E-state index >= 15 is 0 Å². The highest BCUT2D eigenvalue weighted by molar-refractivity contribution is 6.06. The number of amides is 2. The van der Waals surface area contributed by atoms with Gasteiger partial charge in [0, 0.05) is 18.2 Å². The zero-order chi connectivity index (χ0) is 18.0. The van der Waals surface area contributed by atoms with Crippen LogP contribution in [0.4, 0.5) is 5.69 Å². The number of ether oxygens (including phenoxy) is 2. The first-order valence-electron chi connectivity index (χ1n) is 7.93. The lowest BCUT2D eigenvalue weighted by molar-refractivity contribution is -0.126. The summed E-state index contributed by atoms with van der Waals surface area (Å²) in [5.74, 6) is 0.862. The molecule has 2 aromatic rings. The summed E-state index contributed by atoms with van der Waals surface area (Å²) >= 11 is 0. The highest BCUT2D eigenvalue weighted by Crippen LogP contribution is 2.37. The molecule has 25 heavy (non-hydrogen) atoms. The van der Waals surface area contributed by atoms with Gasteiger partial charge in [0.15, 0.2) is 11.5 Å². The fourth-order valence-corrected chi connectivity index (χ4v) is 3.05. The fraction of sp³-hybridized carbons (Fsp3) is 0.263. The first-order chi connectivity index (χ1) is 12.0. The van der Waals surface area contributed by atoms with Crippen LogP contribution in [0.15, 0.2) is 42.5 Å². The van der Waals surface area contributed by atoms with Crippen molar-refractivity contribution in [2.45, 2.75) is 19.5 Å². The van der Waals surface area contributed by atoms with E-state index in [0.717, 1.165) is 16.8 Å². The van der Waals surface area contributed by atoms with E-state index in [2.05, 4.69) is 5.32 Å². The predicted molar refractivity (Wildman–Crippen MR) is 93.7 cm³/mol. The minimum absolute atomic E-state index is 0.147. The van der Waals surface area contributed by atoms with Crippen molar-refractivity contribution in [3.8, 4) is 11.5 Å². The zero-order valence-corrected chi connectivity index (χ0v) is 14.4. The van der Waals surface area contributed by atoms with Gasteiger partial charge in [0.1, 0.15) is 6.04 Å². The number of nitrogens with zero attached hydrogens (tertiary/aromatic N) is 1. The Kier molecular flexibility index (Phi) is 4.61. The third-order valence-corrected chi connectivity index (χ3v) is 4.19. The summed E-state index contributed by atoms with van der Waals surface area (Å²) in [4.78, 5) is 26.0. The highest BCUT2D eigenvalue weighted by Gasteiger charge is 2.37. The number of benzene rings is 2. The first-order valence-corrected chi connectivity index (χ1v) is 7.93. The summed E-state index contributed by atoms with van der Waals surface area (Å²) in [6.07, 6.45) is 0.